The third-order valence-electron chi connectivity index (χ3n) is 1.87. The van der Waals surface area contributed by atoms with Crippen LogP contribution in [0.4, 0.5) is 0 Å². The lowest BCUT2D eigenvalue weighted by Crippen LogP contribution is -2.34. The second-order valence-corrected chi connectivity index (χ2v) is 3.05. The number of nitrogens with two attached hydrogens (primary N) is 1. The average Bonchev–Trinajstić information content (AvgIpc) is 2.10. The molecule has 0 heterocycles. The molecule has 0 saturated carbocycles. The Morgan fingerprint density at radius 1 is 1.46 bits per heavy atom. The lowest BCUT2D eigenvalue weighted by Gasteiger charge is -2.07. The van der Waals surface area contributed by atoms with Crippen LogP contribution in [0.25, 0.3) is 0 Å². The Hall–Kier alpha value is -1.10. The van der Waals surface area contributed by atoms with E-state index in [-0.39, 0.29) is 18.2 Å². The molecular weight excluding hydrogens is 172 g/mol. The van der Waals surface area contributed by atoms with E-state index in [4.69, 9.17) is 10.9 Å². The molecule has 1 atom stereocenters. The molecule has 0 saturated heterocycles. The van der Waals surface area contributed by atoms with Crippen LogP contribution in [0.5, 0.6) is 0 Å². The number of aliphatic carboxylic acids is 1. The maximum atomic E-state index is 10.9. The molecule has 0 radical (unpaired) electrons. The van der Waals surface area contributed by atoms with Gasteiger partial charge in [-0.05, 0) is 12.8 Å². The average molecular weight is 188 g/mol. The van der Waals surface area contributed by atoms with Crippen molar-refractivity contribution in [2.24, 2.45) is 11.8 Å². The normalized spacial score (nSPS) is 12.2. The van der Waals surface area contributed by atoms with Crippen LogP contribution in [0.2, 0.25) is 0 Å². The zero-order chi connectivity index (χ0) is 10.3. The van der Waals surface area contributed by atoms with Crippen molar-refractivity contribution in [1.82, 2.24) is 5.43 Å². The van der Waals surface area contributed by atoms with Crippen molar-refractivity contribution >= 4 is 11.9 Å². The first kappa shape index (κ1) is 11.9. The van der Waals surface area contributed by atoms with Crippen LogP contribution >= 0.6 is 0 Å². The summed E-state index contributed by atoms with van der Waals surface area (Å²) in [6.07, 6.45) is 2.19. The fourth-order valence-electron chi connectivity index (χ4n) is 1.00. The van der Waals surface area contributed by atoms with Gasteiger partial charge in [0.05, 0.1) is 0 Å². The third-order valence-corrected chi connectivity index (χ3v) is 1.87. The number of carbonyl (C=O) groups is 2. The molecule has 0 aromatic carbocycles. The smallest absolute Gasteiger partial charge is 0.303 e. The minimum Gasteiger partial charge on any atom is -0.481 e. The van der Waals surface area contributed by atoms with Crippen molar-refractivity contribution in [3.8, 4) is 0 Å². The molecular formula is C8H16N2O3. The van der Waals surface area contributed by atoms with Gasteiger partial charge >= 0.3 is 5.97 Å². The van der Waals surface area contributed by atoms with Gasteiger partial charge in [0, 0.05) is 12.3 Å². The third kappa shape index (κ3) is 6.10. The molecule has 4 N–H and O–H groups in total. The van der Waals surface area contributed by atoms with Crippen LogP contribution in [0.3, 0.4) is 0 Å². The molecule has 0 aromatic rings. The van der Waals surface area contributed by atoms with E-state index >= 15 is 0 Å². The molecule has 0 rings (SSSR count). The Morgan fingerprint density at radius 2 is 2.08 bits per heavy atom. The maximum absolute atomic E-state index is 10.9. The van der Waals surface area contributed by atoms with E-state index in [2.05, 4.69) is 5.43 Å². The first-order valence-electron chi connectivity index (χ1n) is 4.30. The molecule has 13 heavy (non-hydrogen) atoms. The fourth-order valence-corrected chi connectivity index (χ4v) is 1.00. The summed E-state index contributed by atoms with van der Waals surface area (Å²) >= 11 is 0. The molecule has 0 spiro atoms. The number of carbonyl (C=O) groups excluding carboxylic acids is 1. The second kappa shape index (κ2) is 6.42. The summed E-state index contributed by atoms with van der Waals surface area (Å²) in [6, 6.07) is 0. The van der Waals surface area contributed by atoms with E-state index < -0.39 is 5.97 Å². The summed E-state index contributed by atoms with van der Waals surface area (Å²) in [5.41, 5.74) is 2.06. The standard InChI is InChI=1S/C8H16N2O3/c1-6(8(13)10-9)4-2-3-5-7(11)12/h6H,2-5,9H2,1H3,(H,10,13)(H,11,12). The van der Waals surface area contributed by atoms with Gasteiger partial charge < -0.3 is 5.11 Å². The highest BCUT2D eigenvalue weighted by Gasteiger charge is 2.10. The summed E-state index contributed by atoms with van der Waals surface area (Å²) < 4.78 is 0. The van der Waals surface area contributed by atoms with E-state index in [1.165, 1.54) is 0 Å². The van der Waals surface area contributed by atoms with Gasteiger partial charge in [-0.15, -0.1) is 0 Å². The van der Waals surface area contributed by atoms with E-state index in [1.54, 1.807) is 6.92 Å². The van der Waals surface area contributed by atoms with Crippen molar-refractivity contribution in [2.45, 2.75) is 32.6 Å². The first-order valence-corrected chi connectivity index (χ1v) is 4.30. The van der Waals surface area contributed by atoms with Crippen molar-refractivity contribution in [2.75, 3.05) is 0 Å². The van der Waals surface area contributed by atoms with Crippen LogP contribution in [0, 0.1) is 5.92 Å². The number of nitrogens with one attached hydrogen (secondary N) is 1. The Balaban J connectivity index is 3.42. The summed E-state index contributed by atoms with van der Waals surface area (Å²) in [4.78, 5) is 21.0. The molecule has 1 unspecified atom stereocenters. The number of hydrazine groups is 1. The Morgan fingerprint density at radius 3 is 2.54 bits per heavy atom. The number of rotatable bonds is 6. The minimum atomic E-state index is -0.795. The predicted octanol–water partition coefficient (Wildman–Crippen LogP) is 0.257. The van der Waals surface area contributed by atoms with Gasteiger partial charge in [-0.3, -0.25) is 15.0 Å². The number of carboxylic acids is 1. The molecule has 1 amide bonds. The maximum Gasteiger partial charge on any atom is 0.303 e. The van der Waals surface area contributed by atoms with Crippen molar-refractivity contribution < 1.29 is 14.7 Å². The largest absolute Gasteiger partial charge is 0.481 e. The Labute approximate surface area is 77.3 Å². The van der Waals surface area contributed by atoms with Gasteiger partial charge in [-0.2, -0.15) is 0 Å². The first-order chi connectivity index (χ1) is 6.07. The van der Waals surface area contributed by atoms with E-state index in [9.17, 15) is 9.59 Å². The molecule has 0 fully saturated rings. The Bertz CT molecular complexity index is 182. The van der Waals surface area contributed by atoms with Crippen LogP contribution in [0.15, 0.2) is 0 Å². The highest BCUT2D eigenvalue weighted by molar-refractivity contribution is 5.77. The Kier molecular flexibility index (Phi) is 5.88. The van der Waals surface area contributed by atoms with Gasteiger partial charge in [-0.25, -0.2) is 5.84 Å². The van der Waals surface area contributed by atoms with Gasteiger partial charge in [0.25, 0.3) is 0 Å². The number of hydrogen-bond donors (Lipinski definition) is 3. The quantitative estimate of drug-likeness (QED) is 0.241. The van der Waals surface area contributed by atoms with Crippen LogP contribution in [0.1, 0.15) is 32.6 Å². The summed E-state index contributed by atoms with van der Waals surface area (Å²) in [5.74, 6) is 3.80. The molecule has 0 aliphatic rings. The van der Waals surface area contributed by atoms with Crippen LogP contribution in [-0.4, -0.2) is 17.0 Å². The highest BCUT2D eigenvalue weighted by atomic mass is 16.4. The fraction of sp³-hybridized carbons (Fsp3) is 0.750. The van der Waals surface area contributed by atoms with Gasteiger partial charge in [0.2, 0.25) is 5.91 Å². The van der Waals surface area contributed by atoms with E-state index in [1.807, 2.05) is 0 Å². The number of amides is 1. The summed E-state index contributed by atoms with van der Waals surface area (Å²) in [6.45, 7) is 1.77. The van der Waals surface area contributed by atoms with Crippen molar-refractivity contribution in [3.05, 3.63) is 0 Å². The summed E-state index contributed by atoms with van der Waals surface area (Å²) in [5, 5.41) is 8.33. The second-order valence-electron chi connectivity index (χ2n) is 3.05. The number of unbranched alkanes of at least 4 members (excludes halogenated alkanes) is 1. The number of hydrogen-bond acceptors (Lipinski definition) is 3. The van der Waals surface area contributed by atoms with Crippen molar-refractivity contribution in [1.29, 1.82) is 0 Å². The molecule has 0 aromatic heterocycles. The minimum absolute atomic E-state index is 0.140. The highest BCUT2D eigenvalue weighted by Crippen LogP contribution is 2.08. The van der Waals surface area contributed by atoms with Gasteiger partial charge in [0.15, 0.2) is 0 Å². The topological polar surface area (TPSA) is 92.4 Å². The monoisotopic (exact) mass is 188 g/mol. The zero-order valence-corrected chi connectivity index (χ0v) is 7.75. The molecule has 5 heteroatoms. The van der Waals surface area contributed by atoms with Gasteiger partial charge in [0.1, 0.15) is 0 Å². The molecule has 0 aliphatic heterocycles. The molecule has 5 nitrogen and oxygen atoms in total. The van der Waals surface area contributed by atoms with Gasteiger partial charge in [-0.1, -0.05) is 13.3 Å². The lowest BCUT2D eigenvalue weighted by molar-refractivity contribution is -0.137. The van der Waals surface area contributed by atoms with Crippen molar-refractivity contribution in [3.63, 3.8) is 0 Å². The SMILES string of the molecule is CC(CCCCC(=O)O)C(=O)NN. The van der Waals surface area contributed by atoms with Crippen LogP contribution < -0.4 is 11.3 Å². The zero-order valence-electron chi connectivity index (χ0n) is 7.75. The molecule has 0 aliphatic carbocycles. The lowest BCUT2D eigenvalue weighted by atomic mass is 10.0. The summed E-state index contributed by atoms with van der Waals surface area (Å²) in [7, 11) is 0. The van der Waals surface area contributed by atoms with Crippen LogP contribution in [-0.2, 0) is 9.59 Å². The molecule has 0 bridgehead atoms. The predicted molar refractivity (Wildman–Crippen MR) is 47.6 cm³/mol. The van der Waals surface area contributed by atoms with E-state index in [0.29, 0.717) is 12.8 Å². The number of carboxylic acid groups (broad SMARTS) is 1. The van der Waals surface area contributed by atoms with E-state index in [0.717, 1.165) is 6.42 Å². The molecule has 76 valence electrons.